The Morgan fingerprint density at radius 1 is 1.11 bits per heavy atom. The zero-order chi connectivity index (χ0) is 24.6. The number of hydrogen-bond donors (Lipinski definition) is 1. The van der Waals surface area contributed by atoms with E-state index in [0.29, 0.717) is 17.9 Å². The normalized spacial score (nSPS) is 21.8. The van der Waals surface area contributed by atoms with Crippen molar-refractivity contribution in [3.63, 3.8) is 0 Å². The minimum atomic E-state index is -1.38. The van der Waals surface area contributed by atoms with Crippen LogP contribution in [0.15, 0.2) is 82.5 Å². The summed E-state index contributed by atoms with van der Waals surface area (Å²) < 4.78 is 10.6. The quantitative estimate of drug-likeness (QED) is 0.554. The molecular formula is C26H24N4O5. The van der Waals surface area contributed by atoms with Gasteiger partial charge in [0.15, 0.2) is 5.54 Å². The van der Waals surface area contributed by atoms with Crippen LogP contribution in [0.25, 0.3) is 0 Å². The number of imide groups is 1. The molecule has 0 saturated carbocycles. The van der Waals surface area contributed by atoms with E-state index in [1.807, 2.05) is 54.6 Å². The van der Waals surface area contributed by atoms with E-state index in [1.54, 1.807) is 26.2 Å². The molecule has 4 amide bonds. The van der Waals surface area contributed by atoms with E-state index in [-0.39, 0.29) is 6.04 Å². The number of rotatable bonds is 6. The Balaban J connectivity index is 1.42. The van der Waals surface area contributed by atoms with Crippen LogP contribution in [-0.4, -0.2) is 47.1 Å². The molecule has 2 aromatic carbocycles. The Morgan fingerprint density at radius 3 is 2.51 bits per heavy atom. The van der Waals surface area contributed by atoms with Crippen LogP contribution in [0.3, 0.4) is 0 Å². The van der Waals surface area contributed by atoms with Gasteiger partial charge >= 0.3 is 6.03 Å². The summed E-state index contributed by atoms with van der Waals surface area (Å²) in [5.74, 6) is -0.0277. The average molecular weight is 473 g/mol. The number of nitrogens with zero attached hydrogens (tertiary/aromatic N) is 3. The number of methoxy groups -OCH3 is 1. The summed E-state index contributed by atoms with van der Waals surface area (Å²) in [4.78, 5) is 40.2. The number of urea groups is 1. The number of ether oxygens (including phenoxy) is 1. The Morgan fingerprint density at radius 2 is 1.86 bits per heavy atom. The first-order valence-electron chi connectivity index (χ1n) is 11.2. The SMILES string of the molecule is COc1ccc([C@@H]2CC(c3ccccc3)=NN2C(=O)CN2C(=O)N[C@](C)(c3ccco3)C2=O)cc1. The smallest absolute Gasteiger partial charge is 0.325 e. The largest absolute Gasteiger partial charge is 0.497 e. The molecule has 1 fully saturated rings. The summed E-state index contributed by atoms with van der Waals surface area (Å²) in [6, 6.07) is 19.2. The minimum Gasteiger partial charge on any atom is -0.497 e. The molecule has 0 unspecified atom stereocenters. The number of amides is 4. The summed E-state index contributed by atoms with van der Waals surface area (Å²) in [5.41, 5.74) is 1.14. The maximum absolute atomic E-state index is 13.5. The summed E-state index contributed by atoms with van der Waals surface area (Å²) in [5, 5.41) is 8.63. The van der Waals surface area contributed by atoms with Crippen molar-refractivity contribution in [3.05, 3.63) is 89.9 Å². The van der Waals surface area contributed by atoms with Crippen LogP contribution in [0, 0.1) is 0 Å². The average Bonchev–Trinajstić information content (AvgIpc) is 3.62. The molecule has 0 bridgehead atoms. The number of hydrogen-bond acceptors (Lipinski definition) is 6. The Kier molecular flexibility index (Phi) is 5.60. The van der Waals surface area contributed by atoms with Crippen LogP contribution in [0.5, 0.6) is 5.75 Å². The number of hydrazone groups is 1. The fourth-order valence-electron chi connectivity index (χ4n) is 4.41. The van der Waals surface area contributed by atoms with E-state index in [1.165, 1.54) is 11.3 Å². The molecule has 2 aliphatic rings. The first kappa shape index (κ1) is 22.4. The van der Waals surface area contributed by atoms with Gasteiger partial charge in [-0.25, -0.2) is 9.80 Å². The fraction of sp³-hybridized carbons (Fsp3) is 0.231. The van der Waals surface area contributed by atoms with Gasteiger partial charge in [0.05, 0.1) is 25.1 Å². The summed E-state index contributed by atoms with van der Waals surface area (Å²) in [6.45, 7) is 1.11. The van der Waals surface area contributed by atoms with Crippen LogP contribution < -0.4 is 10.1 Å². The van der Waals surface area contributed by atoms with E-state index >= 15 is 0 Å². The molecule has 0 aliphatic carbocycles. The molecule has 2 aliphatic heterocycles. The molecule has 5 rings (SSSR count). The molecule has 9 heteroatoms. The highest BCUT2D eigenvalue weighted by atomic mass is 16.5. The van der Waals surface area contributed by atoms with Crippen molar-refractivity contribution in [1.82, 2.24) is 15.2 Å². The molecule has 1 saturated heterocycles. The van der Waals surface area contributed by atoms with Crippen molar-refractivity contribution >= 4 is 23.6 Å². The molecule has 178 valence electrons. The Bertz CT molecular complexity index is 1290. The topological polar surface area (TPSA) is 104 Å². The van der Waals surface area contributed by atoms with Gasteiger partial charge in [0.25, 0.3) is 11.8 Å². The third-order valence-corrected chi connectivity index (χ3v) is 6.36. The number of nitrogens with one attached hydrogen (secondary N) is 1. The summed E-state index contributed by atoms with van der Waals surface area (Å²) in [7, 11) is 1.59. The van der Waals surface area contributed by atoms with E-state index in [9.17, 15) is 14.4 Å². The van der Waals surface area contributed by atoms with Crippen LogP contribution >= 0.6 is 0 Å². The lowest BCUT2D eigenvalue weighted by Gasteiger charge is -2.24. The highest BCUT2D eigenvalue weighted by molar-refractivity contribution is 6.09. The van der Waals surface area contributed by atoms with Gasteiger partial charge < -0.3 is 14.5 Å². The van der Waals surface area contributed by atoms with Crippen LogP contribution in [0.4, 0.5) is 4.79 Å². The van der Waals surface area contributed by atoms with Crippen LogP contribution in [-0.2, 0) is 15.1 Å². The standard InChI is InChI=1S/C26H24N4O5/c1-26(22-9-6-14-35-22)24(32)29(25(33)27-26)16-23(31)30-21(18-10-12-19(34-2)13-11-18)15-20(28-30)17-7-4-3-5-8-17/h3-14,21H,15-16H2,1-2H3,(H,27,33)/t21-,26+/m0/s1. The molecule has 2 atom stereocenters. The zero-order valence-electron chi connectivity index (χ0n) is 19.3. The first-order valence-corrected chi connectivity index (χ1v) is 11.2. The van der Waals surface area contributed by atoms with Crippen molar-refractivity contribution in [3.8, 4) is 5.75 Å². The number of furan rings is 1. The van der Waals surface area contributed by atoms with E-state index in [4.69, 9.17) is 9.15 Å². The second-order valence-corrected chi connectivity index (χ2v) is 8.57. The maximum atomic E-state index is 13.5. The number of carbonyl (C=O) groups is 3. The molecule has 35 heavy (non-hydrogen) atoms. The number of benzene rings is 2. The highest BCUT2D eigenvalue weighted by Crippen LogP contribution is 2.35. The lowest BCUT2D eigenvalue weighted by Crippen LogP contribution is -2.43. The third-order valence-electron chi connectivity index (χ3n) is 6.36. The zero-order valence-corrected chi connectivity index (χ0v) is 19.3. The predicted molar refractivity (Wildman–Crippen MR) is 126 cm³/mol. The molecule has 0 spiro atoms. The molecule has 9 nitrogen and oxygen atoms in total. The van der Waals surface area contributed by atoms with Gasteiger partial charge in [-0.05, 0) is 42.3 Å². The van der Waals surface area contributed by atoms with Crippen molar-refractivity contribution in [2.24, 2.45) is 5.10 Å². The summed E-state index contributed by atoms with van der Waals surface area (Å²) >= 11 is 0. The van der Waals surface area contributed by atoms with E-state index in [2.05, 4.69) is 10.4 Å². The second kappa shape index (κ2) is 8.75. The Labute approximate surface area is 202 Å². The molecule has 3 heterocycles. The van der Waals surface area contributed by atoms with Gasteiger partial charge in [-0.3, -0.25) is 14.5 Å². The highest BCUT2D eigenvalue weighted by Gasteiger charge is 2.52. The van der Waals surface area contributed by atoms with Gasteiger partial charge in [-0.1, -0.05) is 42.5 Å². The molecule has 3 aromatic rings. The van der Waals surface area contributed by atoms with Gasteiger partial charge in [0.2, 0.25) is 0 Å². The van der Waals surface area contributed by atoms with Crippen LogP contribution in [0.1, 0.15) is 36.3 Å². The maximum Gasteiger partial charge on any atom is 0.325 e. The lowest BCUT2D eigenvalue weighted by molar-refractivity contribution is -0.140. The molecule has 0 radical (unpaired) electrons. The van der Waals surface area contributed by atoms with Crippen molar-refractivity contribution in [1.29, 1.82) is 0 Å². The van der Waals surface area contributed by atoms with Gasteiger partial charge in [-0.15, -0.1) is 0 Å². The Hall–Kier alpha value is -4.40. The monoisotopic (exact) mass is 472 g/mol. The fourth-order valence-corrected chi connectivity index (χ4v) is 4.41. The van der Waals surface area contributed by atoms with Gasteiger partial charge in [0, 0.05) is 6.42 Å². The predicted octanol–water partition coefficient (Wildman–Crippen LogP) is 3.43. The molecule has 1 N–H and O–H groups in total. The minimum absolute atomic E-state index is 0.299. The van der Waals surface area contributed by atoms with Gasteiger partial charge in [-0.2, -0.15) is 5.10 Å². The third kappa shape index (κ3) is 3.95. The first-order chi connectivity index (χ1) is 16.9. The van der Waals surface area contributed by atoms with Crippen LogP contribution in [0.2, 0.25) is 0 Å². The summed E-state index contributed by atoms with van der Waals surface area (Å²) in [6.07, 6.45) is 1.92. The van der Waals surface area contributed by atoms with E-state index < -0.39 is 29.9 Å². The molecule has 1 aromatic heterocycles. The molecular weight excluding hydrogens is 448 g/mol. The van der Waals surface area contributed by atoms with Crippen molar-refractivity contribution in [2.45, 2.75) is 24.9 Å². The lowest BCUT2D eigenvalue weighted by atomic mass is 9.98. The van der Waals surface area contributed by atoms with Gasteiger partial charge in [0.1, 0.15) is 18.1 Å². The van der Waals surface area contributed by atoms with E-state index in [0.717, 1.165) is 21.7 Å². The van der Waals surface area contributed by atoms with Crippen molar-refractivity contribution in [2.75, 3.05) is 13.7 Å². The van der Waals surface area contributed by atoms with Crippen molar-refractivity contribution < 1.29 is 23.5 Å². The second-order valence-electron chi connectivity index (χ2n) is 8.57. The number of carbonyl (C=O) groups excluding carboxylic acids is 3.